The molecule has 7 heteroatoms. The smallest absolute Gasteiger partial charge is 0.337 e. The van der Waals surface area contributed by atoms with E-state index in [0.717, 1.165) is 0 Å². The molecule has 7 nitrogen and oxygen atoms in total. The van der Waals surface area contributed by atoms with Crippen molar-refractivity contribution in [3.05, 3.63) is 45.5 Å². The van der Waals surface area contributed by atoms with E-state index in [2.05, 4.69) is 4.74 Å². The van der Waals surface area contributed by atoms with Gasteiger partial charge in [0.25, 0.3) is 0 Å². The second-order valence-corrected chi connectivity index (χ2v) is 5.89. The zero-order valence-corrected chi connectivity index (χ0v) is 13.4. The first-order valence-electron chi connectivity index (χ1n) is 7.78. The lowest BCUT2D eigenvalue weighted by Crippen LogP contribution is -2.18. The molecular formula is C17H19NO6. The maximum Gasteiger partial charge on any atom is 0.337 e. The van der Waals surface area contributed by atoms with Gasteiger partial charge in [-0.3, -0.25) is 19.7 Å². The van der Waals surface area contributed by atoms with Crippen LogP contribution in [0.3, 0.4) is 0 Å². The van der Waals surface area contributed by atoms with Crippen LogP contribution in [0.5, 0.6) is 0 Å². The van der Waals surface area contributed by atoms with Gasteiger partial charge in [-0.15, -0.1) is 0 Å². The Balaban J connectivity index is 2.10. The van der Waals surface area contributed by atoms with E-state index < -0.39 is 22.7 Å². The van der Waals surface area contributed by atoms with Gasteiger partial charge in [0, 0.05) is 23.7 Å². The molecule has 1 aromatic carbocycles. The van der Waals surface area contributed by atoms with E-state index in [0.29, 0.717) is 24.0 Å². The molecule has 1 unspecified atom stereocenters. The maximum atomic E-state index is 11.7. The summed E-state index contributed by atoms with van der Waals surface area (Å²) in [5, 5.41) is 10.9. The number of hydrogen-bond donors (Lipinski definition) is 0. The van der Waals surface area contributed by atoms with Crippen molar-refractivity contribution < 1.29 is 24.0 Å². The number of carbonyl (C=O) groups excluding carboxylic acids is 3. The lowest BCUT2D eigenvalue weighted by molar-refractivity contribution is -0.483. The zero-order chi connectivity index (χ0) is 17.7. The Hall–Kier alpha value is -2.57. The van der Waals surface area contributed by atoms with E-state index in [1.807, 2.05) is 0 Å². The fourth-order valence-electron chi connectivity index (χ4n) is 3.02. The number of esters is 1. The van der Waals surface area contributed by atoms with E-state index >= 15 is 0 Å². The van der Waals surface area contributed by atoms with E-state index in [-0.39, 0.29) is 31.0 Å². The second kappa shape index (κ2) is 7.81. The van der Waals surface area contributed by atoms with Gasteiger partial charge in [-0.1, -0.05) is 12.1 Å². The van der Waals surface area contributed by atoms with Gasteiger partial charge in [0.1, 0.15) is 11.6 Å². The Morgan fingerprint density at radius 1 is 1.25 bits per heavy atom. The van der Waals surface area contributed by atoms with Crippen LogP contribution in [-0.2, 0) is 14.3 Å². The van der Waals surface area contributed by atoms with Crippen molar-refractivity contribution in [2.45, 2.75) is 31.6 Å². The fourth-order valence-corrected chi connectivity index (χ4v) is 3.02. The molecule has 1 aliphatic carbocycles. The number of nitro groups is 1. The average Bonchev–Trinajstić information content (AvgIpc) is 2.89. The summed E-state index contributed by atoms with van der Waals surface area (Å²) in [6.45, 7) is -0.285. The highest BCUT2D eigenvalue weighted by Crippen LogP contribution is 2.29. The molecule has 1 aliphatic rings. The molecule has 128 valence electrons. The van der Waals surface area contributed by atoms with Crippen molar-refractivity contribution in [3.63, 3.8) is 0 Å². The Labute approximate surface area is 139 Å². The van der Waals surface area contributed by atoms with Crippen molar-refractivity contribution >= 4 is 17.5 Å². The standard InChI is InChI=1S/C17H19NO6/c1-24-17(21)12-4-2-11(3-5-12)13(10-18(22)23)6-7-14-15(19)8-9-16(14)20/h2-5,13-14H,6-10H2,1H3. The fraction of sp³-hybridized carbons (Fsp3) is 0.471. The molecule has 24 heavy (non-hydrogen) atoms. The minimum atomic E-state index is -0.617. The highest BCUT2D eigenvalue weighted by atomic mass is 16.6. The van der Waals surface area contributed by atoms with Gasteiger partial charge in [-0.2, -0.15) is 0 Å². The third kappa shape index (κ3) is 4.24. The first-order valence-corrected chi connectivity index (χ1v) is 7.78. The SMILES string of the molecule is COC(=O)c1ccc(C(CCC2C(=O)CCC2=O)C[N+](=O)[O-])cc1. The van der Waals surface area contributed by atoms with Crippen LogP contribution in [-0.4, -0.2) is 36.1 Å². The zero-order valence-electron chi connectivity index (χ0n) is 13.4. The molecule has 0 heterocycles. The van der Waals surface area contributed by atoms with Crippen LogP contribution in [0, 0.1) is 16.0 Å². The summed E-state index contributed by atoms with van der Waals surface area (Å²) < 4.78 is 4.62. The Bertz CT molecular complexity index is 636. The van der Waals surface area contributed by atoms with Gasteiger partial charge < -0.3 is 4.74 Å². The number of hydrogen-bond acceptors (Lipinski definition) is 6. The molecule has 0 spiro atoms. The Kier molecular flexibility index (Phi) is 5.78. The molecule has 0 aromatic heterocycles. The summed E-state index contributed by atoms with van der Waals surface area (Å²) in [5.41, 5.74) is 1.07. The average molecular weight is 333 g/mol. The van der Waals surface area contributed by atoms with E-state index in [1.54, 1.807) is 24.3 Å². The predicted molar refractivity (Wildman–Crippen MR) is 84.4 cm³/mol. The van der Waals surface area contributed by atoms with Gasteiger partial charge in [0.2, 0.25) is 6.54 Å². The first kappa shape index (κ1) is 17.8. The van der Waals surface area contributed by atoms with Crippen LogP contribution in [0.25, 0.3) is 0 Å². The quantitative estimate of drug-likeness (QED) is 0.328. The van der Waals surface area contributed by atoms with Crippen molar-refractivity contribution in [2.24, 2.45) is 5.92 Å². The minimum absolute atomic E-state index is 0.0686. The molecule has 2 rings (SSSR count). The van der Waals surface area contributed by atoms with Gasteiger partial charge in [0.05, 0.1) is 18.6 Å². The first-order chi connectivity index (χ1) is 11.4. The van der Waals surface area contributed by atoms with Crippen molar-refractivity contribution in [1.29, 1.82) is 0 Å². The topological polar surface area (TPSA) is 104 Å². The molecule has 1 aromatic rings. The van der Waals surface area contributed by atoms with Gasteiger partial charge >= 0.3 is 5.97 Å². The van der Waals surface area contributed by atoms with E-state index in [9.17, 15) is 24.5 Å². The summed E-state index contributed by atoms with van der Waals surface area (Å²) in [6.07, 6.45) is 1.25. The van der Waals surface area contributed by atoms with Crippen LogP contribution in [0.1, 0.15) is 47.5 Å². The number of ether oxygens (including phenoxy) is 1. The lowest BCUT2D eigenvalue weighted by atomic mass is 9.88. The van der Waals surface area contributed by atoms with Crippen LogP contribution < -0.4 is 0 Å². The highest BCUT2D eigenvalue weighted by molar-refractivity contribution is 6.08. The van der Waals surface area contributed by atoms with E-state index in [4.69, 9.17) is 0 Å². The maximum absolute atomic E-state index is 11.7. The normalized spacial score (nSPS) is 16.2. The summed E-state index contributed by atoms with van der Waals surface area (Å²) in [7, 11) is 1.28. The second-order valence-electron chi connectivity index (χ2n) is 5.89. The van der Waals surface area contributed by atoms with Gasteiger partial charge in [0.15, 0.2) is 0 Å². The number of ketones is 2. The van der Waals surface area contributed by atoms with Crippen LogP contribution in [0.4, 0.5) is 0 Å². The summed E-state index contributed by atoms with van der Waals surface area (Å²) in [5.74, 6) is -1.64. The molecule has 1 atom stereocenters. The molecule has 0 bridgehead atoms. The minimum Gasteiger partial charge on any atom is -0.465 e. The Morgan fingerprint density at radius 2 is 1.83 bits per heavy atom. The molecule has 1 fully saturated rings. The number of Topliss-reactive ketones (excluding diaryl/α,β-unsaturated/α-hetero) is 2. The van der Waals surface area contributed by atoms with Crippen molar-refractivity contribution in [1.82, 2.24) is 0 Å². The third-order valence-corrected chi connectivity index (χ3v) is 4.37. The predicted octanol–water partition coefficient (Wildman–Crippen LogP) is 2.16. The Morgan fingerprint density at radius 3 is 2.33 bits per heavy atom. The molecule has 1 saturated carbocycles. The molecule has 0 saturated heterocycles. The van der Waals surface area contributed by atoms with Crippen LogP contribution in [0.2, 0.25) is 0 Å². The molecule has 0 aliphatic heterocycles. The lowest BCUT2D eigenvalue weighted by Gasteiger charge is -2.15. The summed E-state index contributed by atoms with van der Waals surface area (Å²) in [4.78, 5) is 45.4. The monoisotopic (exact) mass is 333 g/mol. The molecule has 0 radical (unpaired) electrons. The number of nitrogens with zero attached hydrogens (tertiary/aromatic N) is 1. The molecule has 0 amide bonds. The van der Waals surface area contributed by atoms with Crippen LogP contribution >= 0.6 is 0 Å². The number of benzene rings is 1. The molecule has 0 N–H and O–H groups in total. The number of rotatable bonds is 7. The number of carbonyl (C=O) groups is 3. The van der Waals surface area contributed by atoms with Gasteiger partial charge in [-0.05, 0) is 30.5 Å². The highest BCUT2D eigenvalue weighted by Gasteiger charge is 2.33. The third-order valence-electron chi connectivity index (χ3n) is 4.37. The number of methoxy groups -OCH3 is 1. The van der Waals surface area contributed by atoms with Crippen molar-refractivity contribution in [3.8, 4) is 0 Å². The van der Waals surface area contributed by atoms with Crippen molar-refractivity contribution in [2.75, 3.05) is 13.7 Å². The summed E-state index contributed by atoms with van der Waals surface area (Å²) >= 11 is 0. The van der Waals surface area contributed by atoms with Crippen LogP contribution in [0.15, 0.2) is 24.3 Å². The van der Waals surface area contributed by atoms with E-state index in [1.165, 1.54) is 7.11 Å². The largest absolute Gasteiger partial charge is 0.465 e. The molecular weight excluding hydrogens is 314 g/mol. The summed E-state index contributed by atoms with van der Waals surface area (Å²) in [6, 6.07) is 6.41. The van der Waals surface area contributed by atoms with Gasteiger partial charge in [-0.25, -0.2) is 4.79 Å².